The maximum atomic E-state index is 12.9. The zero-order valence-corrected chi connectivity index (χ0v) is 16.2. The molecule has 0 saturated heterocycles. The van der Waals surface area contributed by atoms with Gasteiger partial charge in [-0.15, -0.1) is 0 Å². The SMILES string of the molecule is O=C(NCc1ccc(Br)cc1)c1c[nH]c(=O)n(-c2cccc(C(F)(F)F)c2)c1=O. The van der Waals surface area contributed by atoms with Crippen LogP contribution in [0, 0.1) is 0 Å². The maximum absolute atomic E-state index is 12.9. The molecule has 29 heavy (non-hydrogen) atoms. The number of halogens is 4. The Morgan fingerprint density at radius 2 is 1.79 bits per heavy atom. The number of hydrogen-bond acceptors (Lipinski definition) is 3. The molecule has 2 aromatic carbocycles. The number of carbonyl (C=O) groups excluding carboxylic acids is 1. The van der Waals surface area contributed by atoms with Gasteiger partial charge < -0.3 is 10.3 Å². The van der Waals surface area contributed by atoms with Crippen molar-refractivity contribution >= 4 is 21.8 Å². The number of alkyl halides is 3. The Balaban J connectivity index is 1.93. The van der Waals surface area contributed by atoms with Gasteiger partial charge in [-0.3, -0.25) is 9.59 Å². The normalized spacial score (nSPS) is 11.3. The van der Waals surface area contributed by atoms with Gasteiger partial charge in [-0.25, -0.2) is 9.36 Å². The van der Waals surface area contributed by atoms with E-state index >= 15 is 0 Å². The number of H-pyrrole nitrogens is 1. The number of nitrogens with one attached hydrogen (secondary N) is 2. The molecule has 0 atom stereocenters. The van der Waals surface area contributed by atoms with Crippen molar-refractivity contribution in [3.05, 3.63) is 96.7 Å². The minimum absolute atomic E-state index is 0.119. The Hall–Kier alpha value is -3.14. The number of aromatic nitrogens is 2. The number of nitrogens with zero attached hydrogens (tertiary/aromatic N) is 1. The molecule has 0 radical (unpaired) electrons. The van der Waals surface area contributed by atoms with Crippen molar-refractivity contribution in [3.63, 3.8) is 0 Å². The zero-order valence-electron chi connectivity index (χ0n) is 14.6. The van der Waals surface area contributed by atoms with E-state index in [0.29, 0.717) is 10.6 Å². The molecule has 0 saturated carbocycles. The van der Waals surface area contributed by atoms with Crippen LogP contribution in [0.3, 0.4) is 0 Å². The second-order valence-electron chi connectivity index (χ2n) is 6.01. The maximum Gasteiger partial charge on any atom is 0.416 e. The highest BCUT2D eigenvalue weighted by Gasteiger charge is 2.30. The first-order valence-corrected chi connectivity index (χ1v) is 9.01. The number of carbonyl (C=O) groups is 1. The van der Waals surface area contributed by atoms with E-state index in [0.717, 1.165) is 28.4 Å². The van der Waals surface area contributed by atoms with Gasteiger partial charge in [0.25, 0.3) is 11.5 Å². The summed E-state index contributed by atoms with van der Waals surface area (Å²) in [4.78, 5) is 39.3. The van der Waals surface area contributed by atoms with Crippen LogP contribution < -0.4 is 16.6 Å². The largest absolute Gasteiger partial charge is 0.416 e. The van der Waals surface area contributed by atoms with Crippen molar-refractivity contribution in [2.24, 2.45) is 0 Å². The predicted octanol–water partition coefficient (Wildman–Crippen LogP) is 3.24. The van der Waals surface area contributed by atoms with Gasteiger partial charge >= 0.3 is 11.9 Å². The molecule has 0 fully saturated rings. The second-order valence-corrected chi connectivity index (χ2v) is 6.92. The summed E-state index contributed by atoms with van der Waals surface area (Å²) in [6.07, 6.45) is -3.71. The molecule has 0 bridgehead atoms. The minimum atomic E-state index is -4.65. The molecule has 10 heteroatoms. The molecule has 1 amide bonds. The van der Waals surface area contributed by atoms with Crippen LogP contribution in [0.1, 0.15) is 21.5 Å². The molecule has 1 aromatic heterocycles. The fourth-order valence-electron chi connectivity index (χ4n) is 2.57. The first kappa shape index (κ1) is 20.6. The Bertz CT molecular complexity index is 1170. The molecule has 0 spiro atoms. The van der Waals surface area contributed by atoms with Crippen molar-refractivity contribution in [2.75, 3.05) is 0 Å². The Morgan fingerprint density at radius 1 is 1.10 bits per heavy atom. The fraction of sp³-hybridized carbons (Fsp3) is 0.105. The lowest BCUT2D eigenvalue weighted by atomic mass is 10.2. The topological polar surface area (TPSA) is 84.0 Å². The van der Waals surface area contributed by atoms with Crippen molar-refractivity contribution in [1.29, 1.82) is 0 Å². The summed E-state index contributed by atoms with van der Waals surface area (Å²) in [6, 6.07) is 10.8. The van der Waals surface area contributed by atoms with Crippen molar-refractivity contribution in [3.8, 4) is 5.69 Å². The molecular formula is C19H13BrF3N3O3. The summed E-state index contributed by atoms with van der Waals surface area (Å²) >= 11 is 3.29. The van der Waals surface area contributed by atoms with Gasteiger partial charge in [0.05, 0.1) is 11.3 Å². The van der Waals surface area contributed by atoms with Crippen molar-refractivity contribution < 1.29 is 18.0 Å². The van der Waals surface area contributed by atoms with Gasteiger partial charge in [0, 0.05) is 17.2 Å². The van der Waals surface area contributed by atoms with E-state index in [9.17, 15) is 27.6 Å². The van der Waals surface area contributed by atoms with Crippen molar-refractivity contribution in [1.82, 2.24) is 14.9 Å². The van der Waals surface area contributed by atoms with Crippen LogP contribution in [0.2, 0.25) is 0 Å². The Kier molecular flexibility index (Phi) is 5.73. The Labute approximate surface area is 170 Å². The van der Waals surface area contributed by atoms with E-state index in [4.69, 9.17) is 0 Å². The molecule has 3 rings (SSSR count). The highest BCUT2D eigenvalue weighted by atomic mass is 79.9. The predicted molar refractivity (Wildman–Crippen MR) is 103 cm³/mol. The highest BCUT2D eigenvalue weighted by molar-refractivity contribution is 9.10. The van der Waals surface area contributed by atoms with E-state index in [1.54, 1.807) is 24.3 Å². The van der Waals surface area contributed by atoms with Gasteiger partial charge in [-0.2, -0.15) is 13.2 Å². The van der Waals surface area contributed by atoms with Crippen LogP contribution in [0.5, 0.6) is 0 Å². The molecule has 0 aliphatic carbocycles. The van der Waals surface area contributed by atoms with E-state index < -0.39 is 34.5 Å². The first-order chi connectivity index (χ1) is 13.7. The summed E-state index contributed by atoms with van der Waals surface area (Å²) in [5, 5.41) is 2.54. The summed E-state index contributed by atoms with van der Waals surface area (Å²) in [5.74, 6) is -0.769. The second kappa shape index (κ2) is 8.08. The zero-order chi connectivity index (χ0) is 21.2. The third-order valence-corrected chi connectivity index (χ3v) is 4.55. The monoisotopic (exact) mass is 467 g/mol. The van der Waals surface area contributed by atoms with Crippen LogP contribution >= 0.6 is 15.9 Å². The molecule has 0 aliphatic heterocycles. The Morgan fingerprint density at radius 3 is 2.45 bits per heavy atom. The number of rotatable bonds is 4. The number of amides is 1. The van der Waals surface area contributed by atoms with Gasteiger partial charge in [-0.05, 0) is 35.9 Å². The van der Waals surface area contributed by atoms with Crippen LogP contribution in [-0.2, 0) is 12.7 Å². The van der Waals surface area contributed by atoms with E-state index in [-0.39, 0.29) is 12.2 Å². The van der Waals surface area contributed by atoms with Crippen molar-refractivity contribution in [2.45, 2.75) is 12.7 Å². The summed E-state index contributed by atoms with van der Waals surface area (Å²) in [5.41, 5.74) is -2.94. The fourth-order valence-corrected chi connectivity index (χ4v) is 2.84. The molecule has 0 aliphatic rings. The highest BCUT2D eigenvalue weighted by Crippen LogP contribution is 2.29. The quantitative estimate of drug-likeness (QED) is 0.617. The van der Waals surface area contributed by atoms with Crippen LogP contribution in [0.15, 0.2) is 68.8 Å². The molecule has 6 nitrogen and oxygen atoms in total. The van der Waals surface area contributed by atoms with E-state index in [1.807, 2.05) is 0 Å². The average molecular weight is 468 g/mol. The molecule has 2 N–H and O–H groups in total. The van der Waals surface area contributed by atoms with Crippen LogP contribution in [0.25, 0.3) is 5.69 Å². The van der Waals surface area contributed by atoms with Gasteiger partial charge in [-0.1, -0.05) is 34.1 Å². The lowest BCUT2D eigenvalue weighted by Gasteiger charge is -2.11. The van der Waals surface area contributed by atoms with E-state index in [1.165, 1.54) is 6.07 Å². The van der Waals surface area contributed by atoms with E-state index in [2.05, 4.69) is 26.2 Å². The van der Waals surface area contributed by atoms with Gasteiger partial charge in [0.2, 0.25) is 0 Å². The van der Waals surface area contributed by atoms with Crippen LogP contribution in [-0.4, -0.2) is 15.5 Å². The third kappa shape index (κ3) is 4.65. The molecule has 0 unspecified atom stereocenters. The lowest BCUT2D eigenvalue weighted by Crippen LogP contribution is -2.39. The number of aromatic amines is 1. The molecular weight excluding hydrogens is 455 g/mol. The minimum Gasteiger partial charge on any atom is -0.348 e. The number of hydrogen-bond donors (Lipinski definition) is 2. The summed E-state index contributed by atoms with van der Waals surface area (Å²) in [6.45, 7) is 0.119. The number of benzene rings is 2. The summed E-state index contributed by atoms with van der Waals surface area (Å²) < 4.78 is 40.2. The molecule has 1 heterocycles. The lowest BCUT2D eigenvalue weighted by molar-refractivity contribution is -0.137. The molecule has 3 aromatic rings. The first-order valence-electron chi connectivity index (χ1n) is 8.22. The van der Waals surface area contributed by atoms with Gasteiger partial charge in [0.1, 0.15) is 5.56 Å². The third-order valence-electron chi connectivity index (χ3n) is 4.02. The standard InChI is InChI=1S/C19H13BrF3N3O3/c20-13-6-4-11(5-7-13)9-24-16(27)15-10-25-18(29)26(17(15)28)14-3-1-2-12(8-14)19(21,22)23/h1-8,10H,9H2,(H,24,27)(H,25,29). The van der Waals surface area contributed by atoms with Crippen LogP contribution in [0.4, 0.5) is 13.2 Å². The summed E-state index contributed by atoms with van der Waals surface area (Å²) in [7, 11) is 0. The average Bonchev–Trinajstić information content (AvgIpc) is 2.67. The molecule has 150 valence electrons. The smallest absolute Gasteiger partial charge is 0.348 e. The van der Waals surface area contributed by atoms with Gasteiger partial charge in [0.15, 0.2) is 0 Å².